The molecule has 5 heterocycles. The van der Waals surface area contributed by atoms with Crippen LogP contribution in [0.15, 0.2) is 64.1 Å². The van der Waals surface area contributed by atoms with Gasteiger partial charge in [0.1, 0.15) is 41.2 Å². The Morgan fingerprint density at radius 1 is 1.16 bits per heavy atom. The number of rotatable bonds is 5. The number of nitrogens with zero attached hydrogens (tertiary/aromatic N) is 6. The molecule has 2 aromatic carbocycles. The number of fused-ring (bicyclic) bond motifs is 2. The van der Waals surface area contributed by atoms with Crippen LogP contribution in [0, 0.1) is 11.7 Å². The summed E-state index contributed by atoms with van der Waals surface area (Å²) in [6, 6.07) is 10.2. The van der Waals surface area contributed by atoms with Crippen LogP contribution >= 0.6 is 0 Å². The molecule has 5 aromatic rings. The normalized spacial score (nSPS) is 16.7. The van der Waals surface area contributed by atoms with Gasteiger partial charge in [-0.05, 0) is 49.6 Å². The summed E-state index contributed by atoms with van der Waals surface area (Å²) in [4.78, 5) is 38.9. The molecule has 3 aromatic heterocycles. The Kier molecular flexibility index (Phi) is 6.65. The maximum atomic E-state index is 14.3. The summed E-state index contributed by atoms with van der Waals surface area (Å²) in [5.74, 6) is -0.226. The van der Waals surface area contributed by atoms with Gasteiger partial charge in [-0.1, -0.05) is 24.3 Å². The van der Waals surface area contributed by atoms with E-state index < -0.39 is 17.5 Å². The molecule has 2 aliphatic rings. The van der Waals surface area contributed by atoms with Crippen molar-refractivity contribution in [3.05, 3.63) is 82.4 Å². The first kappa shape index (κ1) is 27.7. The van der Waals surface area contributed by atoms with E-state index in [1.807, 2.05) is 37.1 Å². The van der Waals surface area contributed by atoms with Gasteiger partial charge in [-0.3, -0.25) is 4.79 Å². The fraction of sp³-hybridized carbons (Fsp3) is 0.281. The summed E-state index contributed by atoms with van der Waals surface area (Å²) in [6.45, 7) is 4.38. The zero-order valence-electron chi connectivity index (χ0n) is 24.2. The maximum absolute atomic E-state index is 14.3. The van der Waals surface area contributed by atoms with Crippen molar-refractivity contribution in [2.24, 2.45) is 5.92 Å². The van der Waals surface area contributed by atoms with Crippen LogP contribution in [0.3, 0.4) is 0 Å². The Labute approximate surface area is 251 Å². The van der Waals surface area contributed by atoms with E-state index in [0.29, 0.717) is 41.7 Å². The van der Waals surface area contributed by atoms with Crippen LogP contribution in [0.2, 0.25) is 0 Å². The van der Waals surface area contributed by atoms with E-state index in [9.17, 15) is 19.1 Å². The molecule has 3 N–H and O–H groups in total. The minimum atomic E-state index is -0.666. The number of likely N-dealkylation sites (tertiary alicyclic amines) is 1. The number of hydrogen-bond donors (Lipinski definition) is 2. The number of anilines is 1. The van der Waals surface area contributed by atoms with Gasteiger partial charge in [-0.15, -0.1) is 0 Å². The van der Waals surface area contributed by atoms with Crippen molar-refractivity contribution in [1.82, 2.24) is 29.5 Å². The lowest BCUT2D eigenvalue weighted by atomic mass is 9.91. The highest BCUT2D eigenvalue weighted by Crippen LogP contribution is 2.39. The number of carbonyl (C=O) groups is 1. The average Bonchev–Trinajstić information content (AvgIpc) is 3.40. The van der Waals surface area contributed by atoms with Crippen LogP contribution in [0.25, 0.3) is 38.6 Å². The summed E-state index contributed by atoms with van der Waals surface area (Å²) in [6.07, 6.45) is 3.92. The summed E-state index contributed by atoms with van der Waals surface area (Å²) in [5, 5.41) is 16.4. The Balaban J connectivity index is 1.36. The molecule has 0 saturated carbocycles. The fourth-order valence-corrected chi connectivity index (χ4v) is 6.34. The molecule has 0 bridgehead atoms. The molecule has 0 spiro atoms. The molecule has 11 nitrogen and oxygen atoms in total. The molecule has 0 aliphatic carbocycles. The van der Waals surface area contributed by atoms with Crippen molar-refractivity contribution in [3.63, 3.8) is 0 Å². The monoisotopic (exact) mass is 595 g/mol. The lowest BCUT2D eigenvalue weighted by molar-refractivity contribution is -0.140. The summed E-state index contributed by atoms with van der Waals surface area (Å²) < 4.78 is 22.0. The number of phenolic OH excluding ortho intramolecular Hbond substituents is 1. The van der Waals surface area contributed by atoms with Gasteiger partial charge < -0.3 is 25.1 Å². The molecule has 44 heavy (non-hydrogen) atoms. The van der Waals surface area contributed by atoms with Crippen molar-refractivity contribution < 1.29 is 18.7 Å². The fourth-order valence-electron chi connectivity index (χ4n) is 6.34. The van der Waals surface area contributed by atoms with Gasteiger partial charge >= 0.3 is 5.63 Å². The Bertz CT molecular complexity index is 2030. The second-order valence-electron chi connectivity index (χ2n) is 11.5. The Hall–Kier alpha value is -5.10. The second-order valence-corrected chi connectivity index (χ2v) is 11.5. The van der Waals surface area contributed by atoms with E-state index in [4.69, 9.17) is 15.2 Å². The van der Waals surface area contributed by atoms with E-state index in [0.717, 1.165) is 35.7 Å². The standard InChI is InChI=1S/C32H30FN7O4/c1-17(40-30-26(29(34)35-16-36-30)27(37-40)19-11-21(33)13-22(41)12-19)28-25(23-5-3-4-6-24(23)32(43)44-28)18-7-9-39(10-8-18)31(42)20-14-38(2)15-20/h3-7,11-13,16-17,20,41H,8-10,14-15H2,1-2H3,(H2,34,35,36). The molecule has 1 saturated heterocycles. The second kappa shape index (κ2) is 10.6. The first-order chi connectivity index (χ1) is 21.2. The number of aromatic nitrogens is 4. The van der Waals surface area contributed by atoms with Crippen molar-refractivity contribution in [2.75, 3.05) is 39.0 Å². The van der Waals surface area contributed by atoms with Crippen molar-refractivity contribution >= 4 is 39.1 Å². The van der Waals surface area contributed by atoms with Crippen LogP contribution in [0.4, 0.5) is 10.2 Å². The minimum absolute atomic E-state index is 0.0258. The number of halogens is 1. The van der Waals surface area contributed by atoms with Crippen LogP contribution in [0.1, 0.15) is 30.7 Å². The Morgan fingerprint density at radius 2 is 1.93 bits per heavy atom. The Morgan fingerprint density at radius 3 is 2.64 bits per heavy atom. The zero-order chi connectivity index (χ0) is 30.7. The van der Waals surface area contributed by atoms with Crippen LogP contribution in [0.5, 0.6) is 5.75 Å². The lowest BCUT2D eigenvalue weighted by Gasteiger charge is -2.39. The maximum Gasteiger partial charge on any atom is 0.343 e. The predicted octanol–water partition coefficient (Wildman–Crippen LogP) is 3.81. The number of phenols is 1. The molecule has 1 amide bonds. The van der Waals surface area contributed by atoms with Crippen LogP contribution in [-0.2, 0) is 4.79 Å². The highest BCUT2D eigenvalue weighted by atomic mass is 19.1. The van der Waals surface area contributed by atoms with Gasteiger partial charge in [0, 0.05) is 43.4 Å². The average molecular weight is 596 g/mol. The van der Waals surface area contributed by atoms with Crippen LogP contribution < -0.4 is 11.4 Å². The molecule has 0 radical (unpaired) electrons. The predicted molar refractivity (Wildman–Crippen MR) is 163 cm³/mol. The highest BCUT2D eigenvalue weighted by Gasteiger charge is 2.34. The third-order valence-electron chi connectivity index (χ3n) is 8.54. The SMILES string of the molecule is CC(c1oc(=O)c2ccccc2c1C1=CCN(C(=O)C2CN(C)C2)CC1)n1nc(-c2cc(O)cc(F)c2)c2c(N)ncnc21. The summed E-state index contributed by atoms with van der Waals surface area (Å²) >= 11 is 0. The van der Waals surface area contributed by atoms with Gasteiger partial charge in [0.15, 0.2) is 5.65 Å². The summed E-state index contributed by atoms with van der Waals surface area (Å²) in [7, 11) is 2.00. The number of benzene rings is 2. The first-order valence-electron chi connectivity index (χ1n) is 14.4. The lowest BCUT2D eigenvalue weighted by Crippen LogP contribution is -2.53. The topological polar surface area (TPSA) is 144 Å². The molecule has 7 rings (SSSR count). The molecule has 1 unspecified atom stereocenters. The molecular weight excluding hydrogens is 565 g/mol. The number of aromatic hydroxyl groups is 1. The third kappa shape index (κ3) is 4.58. The van der Waals surface area contributed by atoms with E-state index in [-0.39, 0.29) is 34.6 Å². The van der Waals surface area contributed by atoms with Gasteiger partial charge in [-0.2, -0.15) is 5.10 Å². The van der Waals surface area contributed by atoms with Crippen molar-refractivity contribution in [1.29, 1.82) is 0 Å². The highest BCUT2D eigenvalue weighted by molar-refractivity contribution is 5.99. The summed E-state index contributed by atoms with van der Waals surface area (Å²) in [5.41, 5.74) is 8.42. The van der Waals surface area contributed by atoms with Crippen molar-refractivity contribution in [2.45, 2.75) is 19.4 Å². The van der Waals surface area contributed by atoms with E-state index in [1.54, 1.807) is 16.8 Å². The van der Waals surface area contributed by atoms with Gasteiger partial charge in [0.25, 0.3) is 0 Å². The smallest absolute Gasteiger partial charge is 0.343 e. The van der Waals surface area contributed by atoms with Crippen molar-refractivity contribution in [3.8, 4) is 17.0 Å². The molecular formula is C32H30FN7O4. The number of carbonyl (C=O) groups excluding carboxylic acids is 1. The number of amides is 1. The zero-order valence-corrected chi connectivity index (χ0v) is 24.2. The van der Waals surface area contributed by atoms with Crippen LogP contribution in [-0.4, -0.2) is 73.8 Å². The molecule has 12 heteroatoms. The largest absolute Gasteiger partial charge is 0.508 e. The molecule has 1 fully saturated rings. The van der Waals surface area contributed by atoms with E-state index >= 15 is 0 Å². The number of nitrogens with two attached hydrogens (primary N) is 1. The van der Waals surface area contributed by atoms with E-state index in [1.165, 1.54) is 18.5 Å². The quantitative estimate of drug-likeness (QED) is 0.310. The molecule has 2 aliphatic heterocycles. The van der Waals surface area contributed by atoms with Gasteiger partial charge in [-0.25, -0.2) is 23.8 Å². The third-order valence-corrected chi connectivity index (χ3v) is 8.54. The van der Waals surface area contributed by atoms with Gasteiger partial charge in [0.2, 0.25) is 5.91 Å². The minimum Gasteiger partial charge on any atom is -0.508 e. The number of hydrogen-bond acceptors (Lipinski definition) is 9. The molecule has 224 valence electrons. The molecule has 1 atom stereocenters. The van der Waals surface area contributed by atoms with E-state index in [2.05, 4.69) is 14.9 Å². The number of nitrogen functional groups attached to an aromatic ring is 1. The van der Waals surface area contributed by atoms with Gasteiger partial charge in [0.05, 0.1) is 16.7 Å². The first-order valence-corrected chi connectivity index (χ1v) is 14.4.